The summed E-state index contributed by atoms with van der Waals surface area (Å²) < 4.78 is 11.1. The SMILES string of the molecule is CC(C)(C)OC(=O)N1C[C@](C)(CO)c2cc(-c3ccnc(Nc4cc(C#N)ccc4OCCO)n3)cc(C#N)c21. The number of nitrogens with one attached hydrogen (secondary N) is 1. The van der Waals surface area contributed by atoms with Crippen LogP contribution < -0.4 is 15.0 Å². The Morgan fingerprint density at radius 2 is 1.95 bits per heavy atom. The van der Waals surface area contributed by atoms with E-state index in [1.807, 2.05) is 13.0 Å². The molecule has 1 amide bonds. The van der Waals surface area contributed by atoms with Crippen LogP contribution in [0.5, 0.6) is 5.75 Å². The fourth-order valence-corrected chi connectivity index (χ4v) is 4.42. The van der Waals surface area contributed by atoms with Gasteiger partial charge in [0.05, 0.1) is 47.5 Å². The number of nitriles is 2. The Balaban J connectivity index is 1.75. The highest BCUT2D eigenvalue weighted by atomic mass is 16.6. The van der Waals surface area contributed by atoms with E-state index in [1.165, 1.54) is 4.90 Å². The number of aliphatic hydroxyl groups excluding tert-OH is 2. The van der Waals surface area contributed by atoms with Crippen LogP contribution in [0, 0.1) is 22.7 Å². The first-order chi connectivity index (χ1) is 19.0. The Morgan fingerprint density at radius 3 is 2.60 bits per heavy atom. The standard InChI is InChI=1S/C29H30N6O5/c1-28(2,3)40-27(38)35-16-29(4,17-37)21-13-19(12-20(15-31)25(21)35)22-7-8-32-26(33-22)34-23-11-18(14-30)5-6-24(23)39-10-9-36/h5-8,11-13,36-37H,9-10,16-17H2,1-4H3,(H,32,33,34)/t29-/m1/s1. The number of anilines is 3. The summed E-state index contributed by atoms with van der Waals surface area (Å²) in [6, 6.07) is 14.2. The van der Waals surface area contributed by atoms with Crippen molar-refractivity contribution in [3.05, 3.63) is 59.3 Å². The predicted molar refractivity (Wildman–Crippen MR) is 147 cm³/mol. The van der Waals surface area contributed by atoms with Crippen LogP contribution in [0.1, 0.15) is 44.4 Å². The molecule has 2 heterocycles. The Kier molecular flexibility index (Phi) is 7.91. The van der Waals surface area contributed by atoms with Crippen molar-refractivity contribution in [2.45, 2.75) is 38.7 Å². The Hall–Kier alpha value is -4.71. The summed E-state index contributed by atoms with van der Waals surface area (Å²) in [6.45, 7) is 6.90. The van der Waals surface area contributed by atoms with E-state index in [-0.39, 0.29) is 37.9 Å². The molecule has 11 heteroatoms. The fourth-order valence-electron chi connectivity index (χ4n) is 4.42. The zero-order chi connectivity index (χ0) is 29.1. The summed E-state index contributed by atoms with van der Waals surface area (Å²) in [6.07, 6.45) is 0.951. The summed E-state index contributed by atoms with van der Waals surface area (Å²) in [5.74, 6) is 0.619. The van der Waals surface area contributed by atoms with E-state index < -0.39 is 17.1 Å². The van der Waals surface area contributed by atoms with Crippen LogP contribution in [-0.4, -0.2) is 58.2 Å². The van der Waals surface area contributed by atoms with Crippen molar-refractivity contribution < 1.29 is 24.5 Å². The van der Waals surface area contributed by atoms with Gasteiger partial charge in [0.2, 0.25) is 5.95 Å². The monoisotopic (exact) mass is 542 g/mol. The molecular weight excluding hydrogens is 512 g/mol. The smallest absolute Gasteiger partial charge is 0.414 e. The highest BCUT2D eigenvalue weighted by Crippen LogP contribution is 2.45. The number of hydrogen-bond donors (Lipinski definition) is 3. The number of fused-ring (bicyclic) bond motifs is 1. The molecule has 0 saturated heterocycles. The number of carbonyl (C=O) groups excluding carboxylic acids is 1. The zero-order valence-corrected chi connectivity index (χ0v) is 22.7. The van der Waals surface area contributed by atoms with Crippen LogP contribution in [-0.2, 0) is 10.2 Å². The van der Waals surface area contributed by atoms with Gasteiger partial charge in [0.1, 0.15) is 24.0 Å². The molecule has 206 valence electrons. The van der Waals surface area contributed by atoms with Gasteiger partial charge in [-0.25, -0.2) is 14.8 Å². The van der Waals surface area contributed by atoms with Crippen molar-refractivity contribution in [2.24, 2.45) is 0 Å². The van der Waals surface area contributed by atoms with Gasteiger partial charge >= 0.3 is 6.09 Å². The molecule has 3 N–H and O–H groups in total. The molecule has 0 saturated carbocycles. The third-order valence-electron chi connectivity index (χ3n) is 6.28. The molecule has 0 aliphatic carbocycles. The third kappa shape index (κ3) is 5.81. The van der Waals surface area contributed by atoms with Crippen molar-refractivity contribution in [3.63, 3.8) is 0 Å². The van der Waals surface area contributed by atoms with E-state index in [1.54, 1.807) is 57.3 Å². The largest absolute Gasteiger partial charge is 0.489 e. The lowest BCUT2D eigenvalue weighted by atomic mass is 9.83. The van der Waals surface area contributed by atoms with Gasteiger partial charge in [0.25, 0.3) is 0 Å². The number of benzene rings is 2. The highest BCUT2D eigenvalue weighted by Gasteiger charge is 2.44. The van der Waals surface area contributed by atoms with Crippen molar-refractivity contribution in [3.8, 4) is 29.1 Å². The molecule has 0 spiro atoms. The van der Waals surface area contributed by atoms with Crippen molar-refractivity contribution in [1.82, 2.24) is 9.97 Å². The number of rotatable bonds is 7. The molecule has 11 nitrogen and oxygen atoms in total. The highest BCUT2D eigenvalue weighted by molar-refractivity contribution is 5.95. The number of amides is 1. The number of carbonyl (C=O) groups is 1. The molecule has 1 aliphatic rings. The van der Waals surface area contributed by atoms with E-state index >= 15 is 0 Å². The van der Waals surface area contributed by atoms with Gasteiger partial charge in [-0.15, -0.1) is 0 Å². The summed E-state index contributed by atoms with van der Waals surface area (Å²) in [5.41, 5.74) is 1.62. The van der Waals surface area contributed by atoms with E-state index in [9.17, 15) is 20.4 Å². The fraction of sp³-hybridized carbons (Fsp3) is 0.345. The van der Waals surface area contributed by atoms with Crippen molar-refractivity contribution in [1.29, 1.82) is 10.5 Å². The minimum atomic E-state index is -0.835. The van der Waals surface area contributed by atoms with Gasteiger partial charge in [0.15, 0.2) is 0 Å². The second-order valence-corrected chi connectivity index (χ2v) is 10.6. The van der Waals surface area contributed by atoms with Crippen molar-refractivity contribution in [2.75, 3.05) is 36.6 Å². The number of aliphatic hydroxyl groups is 2. The maximum absolute atomic E-state index is 13.0. The molecule has 0 radical (unpaired) electrons. The first kappa shape index (κ1) is 28.3. The minimum absolute atomic E-state index is 0.0669. The average molecular weight is 543 g/mol. The van der Waals surface area contributed by atoms with Gasteiger partial charge in [0, 0.05) is 23.7 Å². The Bertz CT molecular complexity index is 1520. The van der Waals surface area contributed by atoms with E-state index in [2.05, 4.69) is 27.4 Å². The lowest BCUT2D eigenvalue weighted by Crippen LogP contribution is -2.40. The number of aromatic nitrogens is 2. The average Bonchev–Trinajstić information content (AvgIpc) is 3.24. The summed E-state index contributed by atoms with van der Waals surface area (Å²) in [5, 5.41) is 41.9. The minimum Gasteiger partial charge on any atom is -0.489 e. The zero-order valence-electron chi connectivity index (χ0n) is 22.7. The number of hydrogen-bond acceptors (Lipinski definition) is 10. The molecule has 1 aromatic heterocycles. The van der Waals surface area contributed by atoms with Gasteiger partial charge in [-0.05, 0) is 62.7 Å². The summed E-state index contributed by atoms with van der Waals surface area (Å²) in [7, 11) is 0. The quantitative estimate of drug-likeness (QED) is 0.397. The van der Waals surface area contributed by atoms with E-state index in [0.717, 1.165) is 0 Å². The first-order valence-electron chi connectivity index (χ1n) is 12.6. The lowest BCUT2D eigenvalue weighted by Gasteiger charge is -2.26. The first-order valence-corrected chi connectivity index (χ1v) is 12.6. The van der Waals surface area contributed by atoms with Crippen LogP contribution in [0.25, 0.3) is 11.3 Å². The van der Waals surface area contributed by atoms with Crippen LogP contribution >= 0.6 is 0 Å². The maximum atomic E-state index is 13.0. The lowest BCUT2D eigenvalue weighted by molar-refractivity contribution is 0.0575. The Morgan fingerprint density at radius 1 is 1.18 bits per heavy atom. The molecule has 4 rings (SSSR count). The van der Waals surface area contributed by atoms with Crippen LogP contribution in [0.2, 0.25) is 0 Å². The molecule has 0 unspecified atom stereocenters. The second-order valence-electron chi connectivity index (χ2n) is 10.6. The van der Waals surface area contributed by atoms with E-state index in [0.29, 0.717) is 39.5 Å². The van der Waals surface area contributed by atoms with Crippen LogP contribution in [0.3, 0.4) is 0 Å². The number of nitrogens with zero attached hydrogens (tertiary/aromatic N) is 5. The van der Waals surface area contributed by atoms with Gasteiger partial charge in [-0.3, -0.25) is 4.90 Å². The van der Waals surface area contributed by atoms with Crippen LogP contribution in [0.15, 0.2) is 42.6 Å². The molecule has 1 aliphatic heterocycles. The van der Waals surface area contributed by atoms with Crippen LogP contribution in [0.4, 0.5) is 22.1 Å². The van der Waals surface area contributed by atoms with Gasteiger partial charge in [-0.1, -0.05) is 6.92 Å². The predicted octanol–water partition coefficient (Wildman–Crippen LogP) is 4.01. The molecule has 1 atom stereocenters. The summed E-state index contributed by atoms with van der Waals surface area (Å²) >= 11 is 0. The Labute approximate surface area is 232 Å². The topological polar surface area (TPSA) is 165 Å². The van der Waals surface area contributed by atoms with Crippen molar-refractivity contribution >= 4 is 23.4 Å². The molecule has 40 heavy (non-hydrogen) atoms. The molecular formula is C29H30N6O5. The maximum Gasteiger partial charge on any atom is 0.414 e. The molecule has 0 fully saturated rings. The third-order valence-corrected chi connectivity index (χ3v) is 6.28. The molecule has 2 aromatic carbocycles. The van der Waals surface area contributed by atoms with E-state index in [4.69, 9.17) is 14.6 Å². The molecule has 0 bridgehead atoms. The molecule has 3 aromatic rings. The summed E-state index contributed by atoms with van der Waals surface area (Å²) in [4.78, 5) is 23.3. The second kappa shape index (κ2) is 11.2. The normalized spacial score (nSPS) is 16.1. The van der Waals surface area contributed by atoms with Gasteiger partial charge in [-0.2, -0.15) is 10.5 Å². The van der Waals surface area contributed by atoms with Gasteiger partial charge < -0.3 is 25.0 Å². The number of ether oxygens (including phenoxy) is 2.